The number of benzene rings is 3. The van der Waals surface area contributed by atoms with Crippen molar-refractivity contribution in [2.24, 2.45) is 5.10 Å². The molecule has 0 atom stereocenters. The number of nitrogens with zero attached hydrogens (tertiary/aromatic N) is 2. The van der Waals surface area contributed by atoms with E-state index in [2.05, 4.69) is 10.5 Å². The van der Waals surface area contributed by atoms with E-state index in [1.807, 2.05) is 24.3 Å². The molecule has 1 amide bonds. The Labute approximate surface area is 215 Å². The van der Waals surface area contributed by atoms with Crippen LogP contribution in [0.3, 0.4) is 0 Å². The van der Waals surface area contributed by atoms with E-state index in [-0.39, 0.29) is 17.9 Å². The number of carbonyl (C=O) groups excluding carboxylic acids is 2. The van der Waals surface area contributed by atoms with Gasteiger partial charge in [0.25, 0.3) is 5.91 Å². The fraction of sp³-hybridized carbons (Fsp3) is 0.0714. The third-order valence-corrected chi connectivity index (χ3v) is 6.17. The third-order valence-electron chi connectivity index (χ3n) is 5.84. The Hall–Kier alpha value is -4.69. The Kier molecular flexibility index (Phi) is 6.57. The number of pyridine rings is 1. The summed E-state index contributed by atoms with van der Waals surface area (Å²) < 4.78 is 12.3. The van der Waals surface area contributed by atoms with E-state index in [1.165, 1.54) is 13.3 Å². The van der Waals surface area contributed by atoms with Gasteiger partial charge in [0, 0.05) is 16.3 Å². The van der Waals surface area contributed by atoms with Crippen LogP contribution in [0.1, 0.15) is 16.1 Å². The van der Waals surface area contributed by atoms with Gasteiger partial charge in [-0.05, 0) is 54.6 Å². The SMILES string of the molecule is COC(=O)c1ccc(Cl)c(-c2ccc(/C=N\NC(=O)Cn3c4ccccc4c(=O)c4ccccc43)o2)c1. The molecule has 8 nitrogen and oxygen atoms in total. The second-order valence-electron chi connectivity index (χ2n) is 8.13. The molecule has 0 aliphatic heterocycles. The molecule has 5 rings (SSSR count). The molecule has 184 valence electrons. The zero-order chi connectivity index (χ0) is 25.9. The lowest BCUT2D eigenvalue weighted by atomic mass is 10.1. The normalized spacial score (nSPS) is 11.3. The number of hydrazone groups is 1. The van der Waals surface area contributed by atoms with Crippen LogP contribution >= 0.6 is 11.6 Å². The highest BCUT2D eigenvalue weighted by Gasteiger charge is 2.14. The first-order chi connectivity index (χ1) is 18.0. The summed E-state index contributed by atoms with van der Waals surface area (Å²) >= 11 is 6.28. The first-order valence-electron chi connectivity index (χ1n) is 11.3. The van der Waals surface area contributed by atoms with Crippen molar-refractivity contribution in [2.45, 2.75) is 6.54 Å². The summed E-state index contributed by atoms with van der Waals surface area (Å²) in [5.41, 5.74) is 4.60. The number of hydrogen-bond acceptors (Lipinski definition) is 6. The minimum atomic E-state index is -0.489. The maximum absolute atomic E-state index is 12.9. The van der Waals surface area contributed by atoms with Crippen molar-refractivity contribution in [1.82, 2.24) is 9.99 Å². The van der Waals surface area contributed by atoms with Crippen molar-refractivity contribution >= 4 is 51.5 Å². The van der Waals surface area contributed by atoms with Crippen molar-refractivity contribution in [1.29, 1.82) is 0 Å². The lowest BCUT2D eigenvalue weighted by Gasteiger charge is -2.14. The number of ether oxygens (including phenoxy) is 1. The average Bonchev–Trinajstić information content (AvgIpc) is 3.39. The largest absolute Gasteiger partial charge is 0.465 e. The summed E-state index contributed by atoms with van der Waals surface area (Å²) in [7, 11) is 1.30. The molecule has 0 saturated carbocycles. The fourth-order valence-corrected chi connectivity index (χ4v) is 4.33. The van der Waals surface area contributed by atoms with Gasteiger partial charge in [0.1, 0.15) is 18.1 Å². The molecule has 0 bridgehead atoms. The zero-order valence-corrected chi connectivity index (χ0v) is 20.4. The molecule has 5 aromatic rings. The fourth-order valence-electron chi connectivity index (χ4n) is 4.12. The number of methoxy groups -OCH3 is 1. The molecular formula is C28H20ClN3O5. The average molecular weight is 514 g/mol. The number of nitrogens with one attached hydrogen (secondary N) is 1. The molecule has 0 radical (unpaired) electrons. The lowest BCUT2D eigenvalue weighted by molar-refractivity contribution is -0.121. The Morgan fingerprint density at radius 2 is 1.68 bits per heavy atom. The molecule has 0 unspecified atom stereocenters. The predicted molar refractivity (Wildman–Crippen MR) is 142 cm³/mol. The Bertz CT molecular complexity index is 1690. The van der Waals surface area contributed by atoms with Gasteiger partial charge in [-0.15, -0.1) is 0 Å². The van der Waals surface area contributed by atoms with Gasteiger partial charge < -0.3 is 13.7 Å². The van der Waals surface area contributed by atoms with Crippen molar-refractivity contribution in [3.8, 4) is 11.3 Å². The molecule has 37 heavy (non-hydrogen) atoms. The van der Waals surface area contributed by atoms with Crippen LogP contribution in [0, 0.1) is 0 Å². The van der Waals surface area contributed by atoms with Crippen LogP contribution in [0.5, 0.6) is 0 Å². The highest BCUT2D eigenvalue weighted by Crippen LogP contribution is 2.30. The van der Waals surface area contributed by atoms with Crippen LogP contribution in [0.15, 0.2) is 93.2 Å². The standard InChI is InChI=1S/C28H20ClN3O5/c1-36-28(35)17-10-12-22(29)21(14-17)25-13-11-18(37-25)15-30-31-26(33)16-32-23-8-4-2-6-19(23)27(34)20-7-3-5-9-24(20)32/h2-15H,16H2,1H3,(H,31,33)/b30-15-. The minimum absolute atomic E-state index is 0.0437. The molecule has 0 spiro atoms. The summed E-state index contributed by atoms with van der Waals surface area (Å²) in [6.07, 6.45) is 1.36. The first kappa shape index (κ1) is 24.0. The number of para-hydroxylation sites is 2. The number of fused-ring (bicyclic) bond motifs is 2. The summed E-state index contributed by atoms with van der Waals surface area (Å²) in [5, 5.41) is 5.48. The van der Waals surface area contributed by atoms with Crippen LogP contribution < -0.4 is 10.9 Å². The Morgan fingerprint density at radius 3 is 2.35 bits per heavy atom. The van der Waals surface area contributed by atoms with Crippen molar-refractivity contribution in [3.05, 3.63) is 105 Å². The second kappa shape index (κ2) is 10.1. The summed E-state index contributed by atoms with van der Waals surface area (Å²) in [5.74, 6) is -0.0723. The monoisotopic (exact) mass is 513 g/mol. The van der Waals surface area contributed by atoms with E-state index >= 15 is 0 Å². The third kappa shape index (κ3) is 4.74. The van der Waals surface area contributed by atoms with Crippen LogP contribution in [0.4, 0.5) is 0 Å². The zero-order valence-electron chi connectivity index (χ0n) is 19.6. The van der Waals surface area contributed by atoms with Gasteiger partial charge in [-0.25, -0.2) is 10.2 Å². The van der Waals surface area contributed by atoms with Crippen LogP contribution in [0.2, 0.25) is 5.02 Å². The van der Waals surface area contributed by atoms with Crippen molar-refractivity contribution in [2.75, 3.05) is 7.11 Å². The molecule has 0 fully saturated rings. The van der Waals surface area contributed by atoms with E-state index in [0.29, 0.717) is 49.5 Å². The quantitative estimate of drug-likeness (QED) is 0.149. The summed E-state index contributed by atoms with van der Waals surface area (Å²) in [6, 6.07) is 22.4. The molecule has 0 aliphatic rings. The van der Waals surface area contributed by atoms with Gasteiger partial charge in [0.05, 0.1) is 34.9 Å². The van der Waals surface area contributed by atoms with Gasteiger partial charge in [0.2, 0.25) is 0 Å². The number of amides is 1. The maximum atomic E-state index is 12.9. The molecule has 3 aromatic carbocycles. The number of halogens is 1. The van der Waals surface area contributed by atoms with Crippen molar-refractivity contribution < 1.29 is 18.7 Å². The minimum Gasteiger partial charge on any atom is -0.465 e. The molecule has 0 saturated heterocycles. The first-order valence-corrected chi connectivity index (χ1v) is 11.6. The van der Waals surface area contributed by atoms with E-state index in [9.17, 15) is 14.4 Å². The smallest absolute Gasteiger partial charge is 0.337 e. The van der Waals surface area contributed by atoms with E-state index in [1.54, 1.807) is 59.2 Å². The number of furan rings is 1. The number of aromatic nitrogens is 1. The van der Waals surface area contributed by atoms with Gasteiger partial charge in [-0.1, -0.05) is 35.9 Å². The van der Waals surface area contributed by atoms with Crippen molar-refractivity contribution in [3.63, 3.8) is 0 Å². The Balaban J connectivity index is 1.35. The highest BCUT2D eigenvalue weighted by atomic mass is 35.5. The predicted octanol–water partition coefficient (Wildman–Crippen LogP) is 5.01. The molecular weight excluding hydrogens is 494 g/mol. The molecule has 1 N–H and O–H groups in total. The van der Waals surface area contributed by atoms with Gasteiger partial charge in [-0.3, -0.25) is 9.59 Å². The highest BCUT2D eigenvalue weighted by molar-refractivity contribution is 6.33. The maximum Gasteiger partial charge on any atom is 0.337 e. The van der Waals surface area contributed by atoms with Gasteiger partial charge >= 0.3 is 5.97 Å². The number of carbonyl (C=O) groups is 2. The summed E-state index contributed by atoms with van der Waals surface area (Å²) in [6.45, 7) is -0.0437. The van der Waals surface area contributed by atoms with Gasteiger partial charge in [-0.2, -0.15) is 5.10 Å². The van der Waals surface area contributed by atoms with E-state index < -0.39 is 5.97 Å². The number of esters is 1. The van der Waals surface area contributed by atoms with E-state index in [0.717, 1.165) is 0 Å². The lowest BCUT2D eigenvalue weighted by Crippen LogP contribution is -2.25. The molecule has 9 heteroatoms. The Morgan fingerprint density at radius 1 is 1.00 bits per heavy atom. The number of rotatable bonds is 6. The topological polar surface area (TPSA) is 103 Å². The van der Waals surface area contributed by atoms with Crippen LogP contribution in [0.25, 0.3) is 33.1 Å². The summed E-state index contributed by atoms with van der Waals surface area (Å²) in [4.78, 5) is 37.5. The molecule has 2 aromatic heterocycles. The number of hydrogen-bond donors (Lipinski definition) is 1. The molecule has 0 aliphatic carbocycles. The van der Waals surface area contributed by atoms with E-state index in [4.69, 9.17) is 20.8 Å². The molecule has 2 heterocycles. The van der Waals surface area contributed by atoms with Crippen LogP contribution in [-0.2, 0) is 16.1 Å². The second-order valence-corrected chi connectivity index (χ2v) is 8.54. The van der Waals surface area contributed by atoms with Gasteiger partial charge in [0.15, 0.2) is 5.43 Å². The van der Waals surface area contributed by atoms with Crippen LogP contribution in [-0.4, -0.2) is 29.8 Å².